The Hall–Kier alpha value is -1.32. The largest absolute Gasteiger partial charge is 0.491 e. The Balaban J connectivity index is 2.01. The van der Waals surface area contributed by atoms with Crippen LogP contribution in [-0.4, -0.2) is 31.4 Å². The summed E-state index contributed by atoms with van der Waals surface area (Å²) in [7, 11) is 2.01. The van der Waals surface area contributed by atoms with Crippen molar-refractivity contribution in [3.63, 3.8) is 0 Å². The second-order valence-corrected chi connectivity index (χ2v) is 6.93. The van der Waals surface area contributed by atoms with Crippen LogP contribution in [-0.2, 0) is 4.74 Å². The molecule has 3 heteroatoms. The van der Waals surface area contributed by atoms with E-state index < -0.39 is 0 Å². The van der Waals surface area contributed by atoms with Gasteiger partial charge in [0.05, 0.1) is 6.61 Å². The Morgan fingerprint density at radius 3 is 2.65 bits per heavy atom. The van der Waals surface area contributed by atoms with E-state index in [-0.39, 0.29) is 0 Å². The van der Waals surface area contributed by atoms with E-state index in [9.17, 15) is 0 Å². The van der Waals surface area contributed by atoms with Crippen LogP contribution < -0.4 is 4.74 Å². The highest BCUT2D eigenvalue weighted by Gasteiger charge is 2.11. The molecule has 1 aliphatic rings. The highest BCUT2D eigenvalue weighted by atomic mass is 32.2. The van der Waals surface area contributed by atoms with Crippen molar-refractivity contribution in [1.82, 2.24) is 0 Å². The molecular formula is C17H20O2S. The molecule has 0 bridgehead atoms. The molecule has 0 spiro atoms. The molecule has 0 amide bonds. The lowest BCUT2D eigenvalue weighted by Gasteiger charge is -2.13. The van der Waals surface area contributed by atoms with E-state index in [4.69, 9.17) is 9.47 Å². The predicted molar refractivity (Wildman–Crippen MR) is 87.3 cm³/mol. The molecule has 1 unspecified atom stereocenters. The zero-order valence-corrected chi connectivity index (χ0v) is 12.6. The van der Waals surface area contributed by atoms with Crippen LogP contribution in [0.3, 0.4) is 0 Å². The fourth-order valence-electron chi connectivity index (χ4n) is 2.58. The van der Waals surface area contributed by atoms with Crippen molar-refractivity contribution < 1.29 is 9.47 Å². The fraction of sp³-hybridized carbons (Fsp3) is 0.353. The number of rotatable bonds is 5. The molecule has 0 fully saturated rings. The first kappa shape index (κ1) is 13.7. The van der Waals surface area contributed by atoms with Crippen molar-refractivity contribution in [2.75, 3.05) is 26.1 Å². The molecule has 1 atom stereocenters. The van der Waals surface area contributed by atoms with Crippen molar-refractivity contribution in [3.8, 4) is 5.75 Å². The van der Waals surface area contributed by atoms with Gasteiger partial charge in [0, 0.05) is 17.4 Å². The predicted octanol–water partition coefficient (Wildman–Crippen LogP) is 4.09. The van der Waals surface area contributed by atoms with Gasteiger partial charge in [0.1, 0.15) is 12.4 Å². The van der Waals surface area contributed by atoms with Crippen LogP contribution in [0.1, 0.15) is 12.8 Å². The topological polar surface area (TPSA) is 18.5 Å². The van der Waals surface area contributed by atoms with E-state index in [1.807, 2.05) is 0 Å². The highest BCUT2D eigenvalue weighted by molar-refractivity contribution is 8.15. The van der Waals surface area contributed by atoms with Crippen LogP contribution in [0.25, 0.3) is 10.8 Å². The summed E-state index contributed by atoms with van der Waals surface area (Å²) >= 11 is 0. The van der Waals surface area contributed by atoms with Crippen molar-refractivity contribution in [1.29, 1.82) is 0 Å². The Kier molecular flexibility index (Phi) is 4.38. The minimum absolute atomic E-state index is 0.314. The molecule has 1 aliphatic heterocycles. The van der Waals surface area contributed by atoms with E-state index in [1.54, 1.807) is 7.11 Å². The Labute approximate surface area is 122 Å². The van der Waals surface area contributed by atoms with Crippen molar-refractivity contribution in [2.24, 2.45) is 0 Å². The quantitative estimate of drug-likeness (QED) is 0.609. The summed E-state index contributed by atoms with van der Waals surface area (Å²) in [6.45, 7) is 1.21. The fourth-order valence-corrected chi connectivity index (χ4v) is 4.78. The Morgan fingerprint density at radius 2 is 1.90 bits per heavy atom. The number of fused-ring (bicyclic) bond motifs is 1. The summed E-state index contributed by atoms with van der Waals surface area (Å²) in [6, 6.07) is 12.9. The lowest BCUT2D eigenvalue weighted by molar-refractivity contribution is 0.147. The molecule has 0 saturated carbocycles. The van der Waals surface area contributed by atoms with Crippen molar-refractivity contribution in [2.45, 2.75) is 17.7 Å². The average molecular weight is 288 g/mol. The zero-order chi connectivity index (χ0) is 13.8. The number of methoxy groups -OCH3 is 1. The molecule has 20 heavy (non-hydrogen) atoms. The standard InChI is InChI=1S/C17H20O2S/c1-18-10-11-19-16-8-9-17(20-12-4-5-13-20)15-7-3-2-6-14(15)16/h2-3,6-9,12H,4-5,10-11,13H2,1H3. The van der Waals surface area contributed by atoms with Gasteiger partial charge in [0.15, 0.2) is 0 Å². The number of ether oxygens (including phenoxy) is 2. The molecule has 0 saturated heterocycles. The van der Waals surface area contributed by atoms with Crippen LogP contribution in [0, 0.1) is 0 Å². The van der Waals surface area contributed by atoms with Gasteiger partial charge in [-0.2, -0.15) is 10.5 Å². The van der Waals surface area contributed by atoms with E-state index in [0.29, 0.717) is 23.7 Å². The minimum atomic E-state index is 0.314. The van der Waals surface area contributed by atoms with Gasteiger partial charge in [-0.15, -0.1) is 0 Å². The van der Waals surface area contributed by atoms with Gasteiger partial charge >= 0.3 is 0 Å². The van der Waals surface area contributed by atoms with Crippen molar-refractivity contribution in [3.05, 3.63) is 36.4 Å². The minimum Gasteiger partial charge on any atom is -0.491 e. The summed E-state index contributed by atoms with van der Waals surface area (Å²) in [5.41, 5.74) is 0. The molecule has 1 heterocycles. The second kappa shape index (κ2) is 6.42. The molecule has 0 aliphatic carbocycles. The third-order valence-corrected chi connectivity index (χ3v) is 5.85. The Bertz CT molecular complexity index is 634. The van der Waals surface area contributed by atoms with Gasteiger partial charge in [-0.25, -0.2) is 0 Å². The molecule has 0 aromatic heterocycles. The monoisotopic (exact) mass is 288 g/mol. The van der Waals surface area contributed by atoms with Gasteiger partial charge in [-0.05, 0) is 36.1 Å². The maximum Gasteiger partial charge on any atom is 0.127 e. The first-order valence-electron chi connectivity index (χ1n) is 7.06. The SMILES string of the molecule is COCCOc1ccc(S2=CCCC2)c2ccccc12. The lowest BCUT2D eigenvalue weighted by Crippen LogP contribution is -2.04. The molecule has 0 N–H and O–H groups in total. The van der Waals surface area contributed by atoms with Crippen molar-refractivity contribution >= 4 is 26.6 Å². The highest BCUT2D eigenvalue weighted by Crippen LogP contribution is 2.39. The molecule has 2 aromatic carbocycles. The number of hydrogen-bond acceptors (Lipinski definition) is 2. The number of benzene rings is 2. The first-order chi connectivity index (χ1) is 9.90. The molecule has 2 aromatic rings. The summed E-state index contributed by atoms with van der Waals surface area (Å²) in [6.07, 6.45) is 2.58. The van der Waals surface area contributed by atoms with Crippen LogP contribution >= 0.6 is 10.5 Å². The third-order valence-electron chi connectivity index (χ3n) is 3.56. The summed E-state index contributed by atoms with van der Waals surface area (Å²) < 4.78 is 10.9. The zero-order valence-electron chi connectivity index (χ0n) is 11.8. The van der Waals surface area contributed by atoms with Crippen LogP contribution in [0.5, 0.6) is 5.75 Å². The van der Waals surface area contributed by atoms with E-state index >= 15 is 0 Å². The van der Waals surface area contributed by atoms with Gasteiger partial charge < -0.3 is 9.47 Å². The van der Waals surface area contributed by atoms with E-state index in [0.717, 1.165) is 5.75 Å². The molecule has 3 rings (SSSR count). The summed E-state index contributed by atoms with van der Waals surface area (Å²) in [5, 5.41) is 5.03. The lowest BCUT2D eigenvalue weighted by atomic mass is 10.1. The van der Waals surface area contributed by atoms with Crippen LogP contribution in [0.4, 0.5) is 0 Å². The van der Waals surface area contributed by atoms with Gasteiger partial charge in [-0.1, -0.05) is 29.6 Å². The molecule has 106 valence electrons. The van der Waals surface area contributed by atoms with E-state index in [1.165, 1.54) is 34.3 Å². The number of hydrogen-bond donors (Lipinski definition) is 0. The third kappa shape index (κ3) is 2.74. The summed E-state index contributed by atoms with van der Waals surface area (Å²) in [4.78, 5) is 1.47. The first-order valence-corrected chi connectivity index (χ1v) is 8.52. The van der Waals surface area contributed by atoms with Gasteiger partial charge in [-0.3, -0.25) is 0 Å². The maximum absolute atomic E-state index is 5.85. The van der Waals surface area contributed by atoms with Crippen LogP contribution in [0.15, 0.2) is 41.3 Å². The molecule has 0 radical (unpaired) electrons. The molecule has 2 nitrogen and oxygen atoms in total. The smallest absolute Gasteiger partial charge is 0.127 e. The van der Waals surface area contributed by atoms with E-state index in [2.05, 4.69) is 41.8 Å². The normalized spacial score (nSPS) is 18.1. The van der Waals surface area contributed by atoms with Gasteiger partial charge in [0.2, 0.25) is 0 Å². The van der Waals surface area contributed by atoms with Crippen LogP contribution in [0.2, 0.25) is 0 Å². The Morgan fingerprint density at radius 1 is 1.05 bits per heavy atom. The van der Waals surface area contributed by atoms with Gasteiger partial charge in [0.25, 0.3) is 0 Å². The summed E-state index contributed by atoms with van der Waals surface area (Å²) in [5.74, 6) is 2.26. The molecular weight excluding hydrogens is 268 g/mol. The maximum atomic E-state index is 5.85. The average Bonchev–Trinajstić information content (AvgIpc) is 3.01. The second-order valence-electron chi connectivity index (χ2n) is 4.89.